The number of nitrogens with zero attached hydrogens (tertiary/aromatic N) is 1. The number of nitrogens with one attached hydrogen (secondary N) is 1. The van der Waals surface area contributed by atoms with Crippen molar-refractivity contribution in [3.05, 3.63) is 24.4 Å². The normalized spacial score (nSPS) is 9.50. The van der Waals surface area contributed by atoms with Crippen LogP contribution in [-0.2, 0) is 0 Å². The average Bonchev–Trinajstić information content (AvgIpc) is 2.20. The number of hydrogen-bond donors (Lipinski definition) is 2. The van der Waals surface area contributed by atoms with E-state index in [0.717, 1.165) is 12.2 Å². The van der Waals surface area contributed by atoms with Gasteiger partial charge in [0.2, 0.25) is 5.88 Å². The van der Waals surface area contributed by atoms with Crippen molar-refractivity contribution in [2.45, 2.75) is 6.42 Å². The number of pyridine rings is 1. The van der Waals surface area contributed by atoms with Crippen molar-refractivity contribution in [2.75, 3.05) is 12.3 Å². The Hall–Kier alpha value is -1.23. The van der Waals surface area contributed by atoms with Crippen LogP contribution >= 0.6 is 12.6 Å². The number of ether oxygens (including phenoxy) is 1. The summed E-state index contributed by atoms with van der Waals surface area (Å²) >= 11 is 4.02. The van der Waals surface area contributed by atoms with Crippen molar-refractivity contribution in [3.8, 4) is 5.88 Å². The minimum atomic E-state index is -0.481. The van der Waals surface area contributed by atoms with Crippen LogP contribution in [0.3, 0.4) is 0 Å². The maximum Gasteiger partial charge on any atom is 0.413 e. The third-order valence-electron chi connectivity index (χ3n) is 1.44. The zero-order valence-electron chi connectivity index (χ0n) is 7.64. The largest absolute Gasteiger partial charge is 0.413 e. The molecule has 0 aromatic carbocycles. The highest BCUT2D eigenvalue weighted by atomic mass is 32.1. The highest BCUT2D eigenvalue weighted by molar-refractivity contribution is 7.80. The van der Waals surface area contributed by atoms with Crippen molar-refractivity contribution >= 4 is 18.7 Å². The van der Waals surface area contributed by atoms with E-state index in [1.54, 1.807) is 24.4 Å². The van der Waals surface area contributed by atoms with Gasteiger partial charge < -0.3 is 10.1 Å². The fraction of sp³-hybridized carbons (Fsp3) is 0.333. The second-order valence-corrected chi connectivity index (χ2v) is 3.01. The van der Waals surface area contributed by atoms with Crippen LogP contribution < -0.4 is 10.1 Å². The molecule has 0 bridgehead atoms. The molecule has 14 heavy (non-hydrogen) atoms. The molecule has 0 radical (unpaired) electrons. The van der Waals surface area contributed by atoms with Gasteiger partial charge in [0.1, 0.15) is 0 Å². The van der Waals surface area contributed by atoms with Crippen molar-refractivity contribution in [1.82, 2.24) is 10.3 Å². The lowest BCUT2D eigenvalue weighted by atomic mass is 10.5. The molecule has 0 aliphatic heterocycles. The van der Waals surface area contributed by atoms with Gasteiger partial charge in [0.25, 0.3) is 0 Å². The molecule has 1 aromatic heterocycles. The molecule has 0 aliphatic carbocycles. The Kier molecular flexibility index (Phi) is 4.85. The van der Waals surface area contributed by atoms with E-state index in [-0.39, 0.29) is 0 Å². The predicted octanol–water partition coefficient (Wildman–Crippen LogP) is 1.49. The molecule has 5 heteroatoms. The molecule has 1 aromatic rings. The maximum atomic E-state index is 11.1. The van der Waals surface area contributed by atoms with E-state index in [9.17, 15) is 4.79 Å². The first-order chi connectivity index (χ1) is 6.83. The van der Waals surface area contributed by atoms with E-state index in [4.69, 9.17) is 4.74 Å². The van der Waals surface area contributed by atoms with Gasteiger partial charge in [0.05, 0.1) is 0 Å². The zero-order chi connectivity index (χ0) is 10.2. The molecule has 0 saturated heterocycles. The van der Waals surface area contributed by atoms with E-state index in [1.807, 2.05) is 0 Å². The van der Waals surface area contributed by atoms with Crippen molar-refractivity contribution in [1.29, 1.82) is 0 Å². The van der Waals surface area contributed by atoms with Gasteiger partial charge in [-0.2, -0.15) is 12.6 Å². The highest BCUT2D eigenvalue weighted by Crippen LogP contribution is 2.02. The molecule has 0 saturated carbocycles. The number of thiol groups is 1. The smallest absolute Gasteiger partial charge is 0.391 e. The van der Waals surface area contributed by atoms with Crippen LogP contribution in [0.2, 0.25) is 0 Å². The molecule has 0 atom stereocenters. The summed E-state index contributed by atoms with van der Waals surface area (Å²) in [6.07, 6.45) is 1.90. The summed E-state index contributed by atoms with van der Waals surface area (Å²) in [5.41, 5.74) is 0. The Morgan fingerprint density at radius 3 is 3.07 bits per heavy atom. The average molecular weight is 212 g/mol. The topological polar surface area (TPSA) is 51.2 Å². The minimum Gasteiger partial charge on any atom is -0.391 e. The molecule has 76 valence electrons. The van der Waals surface area contributed by atoms with Gasteiger partial charge in [-0.05, 0) is 18.2 Å². The molecule has 0 aliphatic rings. The molecule has 1 amide bonds. The predicted molar refractivity (Wildman–Crippen MR) is 56.7 cm³/mol. The van der Waals surface area contributed by atoms with Gasteiger partial charge in [0, 0.05) is 18.8 Å². The van der Waals surface area contributed by atoms with Crippen molar-refractivity contribution in [3.63, 3.8) is 0 Å². The van der Waals surface area contributed by atoms with Crippen molar-refractivity contribution in [2.24, 2.45) is 0 Å². The van der Waals surface area contributed by atoms with Crippen LogP contribution in [0.5, 0.6) is 5.88 Å². The number of hydrogen-bond acceptors (Lipinski definition) is 4. The number of rotatable bonds is 4. The minimum absolute atomic E-state index is 0.302. The Morgan fingerprint density at radius 2 is 2.43 bits per heavy atom. The van der Waals surface area contributed by atoms with E-state index >= 15 is 0 Å². The molecule has 1 heterocycles. The van der Waals surface area contributed by atoms with E-state index in [0.29, 0.717) is 12.4 Å². The summed E-state index contributed by atoms with van der Waals surface area (Å²) < 4.78 is 4.87. The maximum absolute atomic E-state index is 11.1. The summed E-state index contributed by atoms with van der Waals surface area (Å²) in [4.78, 5) is 14.9. The summed E-state index contributed by atoms with van der Waals surface area (Å²) in [6, 6.07) is 5.13. The molecular formula is C9H12N2O2S. The molecular weight excluding hydrogens is 200 g/mol. The van der Waals surface area contributed by atoms with Gasteiger partial charge in [-0.15, -0.1) is 0 Å². The zero-order valence-corrected chi connectivity index (χ0v) is 8.54. The first-order valence-corrected chi connectivity index (χ1v) is 4.94. The van der Waals surface area contributed by atoms with Crippen LogP contribution in [0.25, 0.3) is 0 Å². The molecule has 0 unspecified atom stereocenters. The Labute approximate surface area is 88.1 Å². The molecule has 1 N–H and O–H groups in total. The molecule has 0 fully saturated rings. The Bertz CT molecular complexity index is 279. The van der Waals surface area contributed by atoms with Gasteiger partial charge in [-0.3, -0.25) is 0 Å². The molecule has 0 spiro atoms. The van der Waals surface area contributed by atoms with Gasteiger partial charge in [-0.25, -0.2) is 9.78 Å². The summed E-state index contributed by atoms with van der Waals surface area (Å²) in [6.45, 7) is 0.565. The quantitative estimate of drug-likeness (QED) is 0.587. The van der Waals surface area contributed by atoms with Gasteiger partial charge >= 0.3 is 6.09 Å². The first kappa shape index (κ1) is 10.8. The van der Waals surface area contributed by atoms with Crippen LogP contribution in [0.15, 0.2) is 24.4 Å². The number of aromatic nitrogens is 1. The monoisotopic (exact) mass is 212 g/mol. The van der Waals surface area contributed by atoms with E-state index in [1.165, 1.54) is 0 Å². The fourth-order valence-electron chi connectivity index (χ4n) is 0.808. The molecule has 1 rings (SSSR count). The second-order valence-electron chi connectivity index (χ2n) is 2.56. The third-order valence-corrected chi connectivity index (χ3v) is 1.76. The number of amides is 1. The Morgan fingerprint density at radius 1 is 1.57 bits per heavy atom. The third kappa shape index (κ3) is 4.13. The van der Waals surface area contributed by atoms with E-state index < -0.39 is 6.09 Å². The summed E-state index contributed by atoms with van der Waals surface area (Å²) in [5, 5.41) is 2.58. The lowest BCUT2D eigenvalue weighted by molar-refractivity contribution is 0.198. The van der Waals surface area contributed by atoms with Crippen LogP contribution in [0.1, 0.15) is 6.42 Å². The second kappa shape index (κ2) is 6.26. The highest BCUT2D eigenvalue weighted by Gasteiger charge is 2.02. The SMILES string of the molecule is O=C(NCCCS)Oc1ccccn1. The van der Waals surface area contributed by atoms with Crippen molar-refractivity contribution < 1.29 is 9.53 Å². The number of carbonyl (C=O) groups excluding carboxylic acids is 1. The van der Waals surface area contributed by atoms with Crippen LogP contribution in [0, 0.1) is 0 Å². The van der Waals surface area contributed by atoms with E-state index in [2.05, 4.69) is 22.9 Å². The van der Waals surface area contributed by atoms with Crippen LogP contribution in [0.4, 0.5) is 4.79 Å². The lowest BCUT2D eigenvalue weighted by Crippen LogP contribution is -2.28. The standard InChI is InChI=1S/C9H12N2O2S/c12-9(11-6-3-7-14)13-8-4-1-2-5-10-8/h1-2,4-5,14H,3,6-7H2,(H,11,12). The molecule has 4 nitrogen and oxygen atoms in total. The summed E-state index contributed by atoms with van der Waals surface area (Å²) in [5.74, 6) is 1.04. The van der Waals surface area contributed by atoms with Gasteiger partial charge in [-0.1, -0.05) is 6.07 Å². The number of carbonyl (C=O) groups is 1. The lowest BCUT2D eigenvalue weighted by Gasteiger charge is -2.03. The summed E-state index contributed by atoms with van der Waals surface area (Å²) in [7, 11) is 0. The first-order valence-electron chi connectivity index (χ1n) is 4.30. The fourth-order valence-corrected chi connectivity index (χ4v) is 0.966. The Balaban J connectivity index is 2.27. The van der Waals surface area contributed by atoms with Gasteiger partial charge in [0.15, 0.2) is 0 Å². The van der Waals surface area contributed by atoms with Crippen LogP contribution in [-0.4, -0.2) is 23.4 Å².